The van der Waals surface area contributed by atoms with Gasteiger partial charge in [-0.2, -0.15) is 4.31 Å². The van der Waals surface area contributed by atoms with Crippen LogP contribution in [0.15, 0.2) is 0 Å². The summed E-state index contributed by atoms with van der Waals surface area (Å²) in [4.78, 5) is 38.1. The first-order valence-corrected chi connectivity index (χ1v) is 12.0. The van der Waals surface area contributed by atoms with Crippen molar-refractivity contribution < 1.29 is 27.5 Å². The van der Waals surface area contributed by atoms with E-state index in [1.807, 2.05) is 20.8 Å². The van der Waals surface area contributed by atoms with Gasteiger partial charge in [-0.05, 0) is 39.0 Å². The summed E-state index contributed by atoms with van der Waals surface area (Å²) in [5.74, 6) is -1.14. The number of urea groups is 1. The molecule has 3 amide bonds. The largest absolute Gasteiger partial charge is 0.467 e. The second kappa shape index (κ2) is 10.2. The van der Waals surface area contributed by atoms with Gasteiger partial charge in [0.1, 0.15) is 6.04 Å². The van der Waals surface area contributed by atoms with E-state index in [4.69, 9.17) is 4.74 Å². The SMILES string of the molecule is COC(=O)C1CCCN1C(=O)CNC(=O)NC(CS(=O)(=O)N(C)C(C)(C)C)C(C)(C)C. The Morgan fingerprint density at radius 3 is 2.23 bits per heavy atom. The monoisotopic (exact) mass is 462 g/mol. The molecule has 0 aromatic carbocycles. The maximum Gasteiger partial charge on any atom is 0.328 e. The summed E-state index contributed by atoms with van der Waals surface area (Å²) < 4.78 is 31.7. The van der Waals surface area contributed by atoms with Gasteiger partial charge in [0.25, 0.3) is 0 Å². The van der Waals surface area contributed by atoms with E-state index in [1.165, 1.54) is 23.4 Å². The lowest BCUT2D eigenvalue weighted by Crippen LogP contribution is -2.55. The predicted octanol–water partition coefficient (Wildman–Crippen LogP) is 0.924. The highest BCUT2D eigenvalue weighted by Crippen LogP contribution is 2.24. The van der Waals surface area contributed by atoms with Crippen molar-refractivity contribution in [2.45, 2.75) is 72.0 Å². The quantitative estimate of drug-likeness (QED) is 0.542. The molecule has 0 aliphatic carbocycles. The summed E-state index contributed by atoms with van der Waals surface area (Å²) in [6.07, 6.45) is 1.21. The van der Waals surface area contributed by atoms with E-state index in [-0.39, 0.29) is 12.3 Å². The highest BCUT2D eigenvalue weighted by Gasteiger charge is 2.37. The third kappa shape index (κ3) is 7.64. The maximum absolute atomic E-state index is 12.8. The van der Waals surface area contributed by atoms with Crippen LogP contribution in [-0.2, 0) is 24.3 Å². The fraction of sp³-hybridized carbons (Fsp3) is 0.850. The van der Waals surface area contributed by atoms with Crippen LogP contribution in [0, 0.1) is 5.41 Å². The molecule has 0 radical (unpaired) electrons. The molecule has 10 nitrogen and oxygen atoms in total. The van der Waals surface area contributed by atoms with Gasteiger partial charge >= 0.3 is 12.0 Å². The molecular formula is C20H38N4O6S. The molecule has 0 saturated carbocycles. The van der Waals surface area contributed by atoms with Crippen molar-refractivity contribution in [1.82, 2.24) is 19.8 Å². The maximum atomic E-state index is 12.8. The van der Waals surface area contributed by atoms with E-state index in [0.29, 0.717) is 19.4 Å². The number of rotatable bonds is 7. The van der Waals surface area contributed by atoms with E-state index >= 15 is 0 Å². The summed E-state index contributed by atoms with van der Waals surface area (Å²) in [5, 5.41) is 5.18. The lowest BCUT2D eigenvalue weighted by molar-refractivity contribution is -0.150. The Morgan fingerprint density at radius 1 is 1.16 bits per heavy atom. The lowest BCUT2D eigenvalue weighted by Gasteiger charge is -2.36. The van der Waals surface area contributed by atoms with Crippen LogP contribution in [0.3, 0.4) is 0 Å². The van der Waals surface area contributed by atoms with Crippen LogP contribution in [0.4, 0.5) is 4.79 Å². The number of sulfonamides is 1. The number of carbonyl (C=O) groups is 3. The van der Waals surface area contributed by atoms with Gasteiger partial charge < -0.3 is 20.3 Å². The van der Waals surface area contributed by atoms with E-state index in [9.17, 15) is 22.8 Å². The molecule has 2 unspecified atom stereocenters. The van der Waals surface area contributed by atoms with Crippen molar-refractivity contribution >= 4 is 27.9 Å². The molecular weight excluding hydrogens is 424 g/mol. The minimum Gasteiger partial charge on any atom is -0.467 e. The number of nitrogens with zero attached hydrogens (tertiary/aromatic N) is 2. The van der Waals surface area contributed by atoms with Gasteiger partial charge in [0, 0.05) is 19.1 Å². The molecule has 0 bridgehead atoms. The van der Waals surface area contributed by atoms with Gasteiger partial charge in [-0.1, -0.05) is 20.8 Å². The molecule has 0 aromatic heterocycles. The summed E-state index contributed by atoms with van der Waals surface area (Å²) >= 11 is 0. The first kappa shape index (κ1) is 27.2. The van der Waals surface area contributed by atoms with Gasteiger partial charge in [-0.15, -0.1) is 0 Å². The van der Waals surface area contributed by atoms with E-state index in [0.717, 1.165) is 0 Å². The van der Waals surface area contributed by atoms with E-state index < -0.39 is 51.0 Å². The van der Waals surface area contributed by atoms with Crippen molar-refractivity contribution in [2.24, 2.45) is 5.41 Å². The smallest absolute Gasteiger partial charge is 0.328 e. The molecule has 180 valence electrons. The molecule has 2 N–H and O–H groups in total. The van der Waals surface area contributed by atoms with Gasteiger partial charge in [0.2, 0.25) is 15.9 Å². The summed E-state index contributed by atoms with van der Waals surface area (Å²) in [6.45, 7) is 11.0. The predicted molar refractivity (Wildman–Crippen MR) is 118 cm³/mol. The van der Waals surface area contributed by atoms with Gasteiger partial charge in [-0.25, -0.2) is 18.0 Å². The second-order valence-corrected chi connectivity index (χ2v) is 12.0. The van der Waals surface area contributed by atoms with Crippen LogP contribution in [-0.4, -0.2) is 86.2 Å². The number of nitrogens with one attached hydrogen (secondary N) is 2. The Balaban J connectivity index is 2.77. The molecule has 0 spiro atoms. The van der Waals surface area contributed by atoms with Crippen LogP contribution in [0.1, 0.15) is 54.4 Å². The average Bonchev–Trinajstić information content (AvgIpc) is 3.12. The Bertz CT molecular complexity index is 770. The summed E-state index contributed by atoms with van der Waals surface area (Å²) in [7, 11) is -0.860. The normalized spacial score (nSPS) is 18.6. The first-order chi connectivity index (χ1) is 14.0. The topological polar surface area (TPSA) is 125 Å². The molecule has 1 rings (SSSR count). The number of hydrogen-bond acceptors (Lipinski definition) is 6. The number of carbonyl (C=O) groups excluding carboxylic acids is 3. The zero-order valence-corrected chi connectivity index (χ0v) is 20.8. The van der Waals surface area contributed by atoms with Gasteiger partial charge in [-0.3, -0.25) is 4.79 Å². The Morgan fingerprint density at radius 2 is 1.74 bits per heavy atom. The van der Waals surface area contributed by atoms with Crippen LogP contribution in [0.5, 0.6) is 0 Å². The van der Waals surface area contributed by atoms with Gasteiger partial charge in [0.15, 0.2) is 0 Å². The average molecular weight is 463 g/mol. The molecule has 1 aliphatic rings. The zero-order chi connectivity index (χ0) is 24.2. The van der Waals surface area contributed by atoms with Crippen molar-refractivity contribution in [3.63, 3.8) is 0 Å². The van der Waals surface area contributed by atoms with Crippen LogP contribution >= 0.6 is 0 Å². The molecule has 1 aliphatic heterocycles. The molecule has 11 heteroatoms. The number of methoxy groups -OCH3 is 1. The number of hydrogen-bond donors (Lipinski definition) is 2. The summed E-state index contributed by atoms with van der Waals surface area (Å²) in [5.41, 5.74) is -1.14. The van der Waals surface area contributed by atoms with E-state index in [2.05, 4.69) is 10.6 Å². The molecule has 1 heterocycles. The van der Waals surface area contributed by atoms with Crippen LogP contribution in [0.2, 0.25) is 0 Å². The highest BCUT2D eigenvalue weighted by atomic mass is 32.2. The standard InChI is InChI=1S/C20H38N4O6S/c1-19(2,3)15(13-31(28,29)23(7)20(4,5)6)22-18(27)21-12-16(25)24-11-9-10-14(24)17(26)30-8/h14-15H,9-13H2,1-8H3,(H2,21,22,27). The number of ether oxygens (including phenoxy) is 1. The molecule has 31 heavy (non-hydrogen) atoms. The minimum atomic E-state index is -3.65. The Labute approximate surface area is 186 Å². The molecule has 2 atom stereocenters. The third-order valence-corrected chi connectivity index (χ3v) is 7.67. The summed E-state index contributed by atoms with van der Waals surface area (Å²) in [6, 6.07) is -1.97. The fourth-order valence-corrected chi connectivity index (χ4v) is 5.22. The number of esters is 1. The Kier molecular flexibility index (Phi) is 8.90. The number of amides is 3. The van der Waals surface area contributed by atoms with Crippen molar-refractivity contribution in [2.75, 3.05) is 33.0 Å². The molecule has 0 aromatic rings. The lowest BCUT2D eigenvalue weighted by atomic mass is 9.88. The fourth-order valence-electron chi connectivity index (χ4n) is 3.16. The minimum absolute atomic E-state index is 0.276. The third-order valence-electron chi connectivity index (χ3n) is 5.54. The first-order valence-electron chi connectivity index (χ1n) is 10.4. The van der Waals surface area contributed by atoms with E-state index in [1.54, 1.807) is 20.8 Å². The van der Waals surface area contributed by atoms with Crippen LogP contribution < -0.4 is 10.6 Å². The van der Waals surface area contributed by atoms with Crippen molar-refractivity contribution in [3.8, 4) is 0 Å². The highest BCUT2D eigenvalue weighted by molar-refractivity contribution is 7.89. The van der Waals surface area contributed by atoms with Gasteiger partial charge in [0.05, 0.1) is 25.4 Å². The zero-order valence-electron chi connectivity index (χ0n) is 19.9. The molecule has 1 fully saturated rings. The van der Waals surface area contributed by atoms with Crippen molar-refractivity contribution in [1.29, 1.82) is 0 Å². The Hall–Kier alpha value is -1.88. The van der Waals surface area contributed by atoms with Crippen molar-refractivity contribution in [3.05, 3.63) is 0 Å². The van der Waals surface area contributed by atoms with Crippen LogP contribution in [0.25, 0.3) is 0 Å². The second-order valence-electron chi connectivity index (χ2n) is 9.93. The number of likely N-dealkylation sites (tertiary alicyclic amines) is 1. The molecule has 1 saturated heterocycles.